The van der Waals surface area contributed by atoms with Gasteiger partial charge in [0.25, 0.3) is 0 Å². The van der Waals surface area contributed by atoms with Gasteiger partial charge in [0, 0.05) is 6.42 Å². The molecule has 0 aliphatic heterocycles. The Labute approximate surface area is 112 Å². The molecular formula is C15H19NO3. The molecule has 1 aromatic carbocycles. The van der Waals surface area contributed by atoms with Crippen LogP contribution in [0.15, 0.2) is 22.6 Å². The number of carbonyl (C=O) groups excluding carboxylic acids is 1. The summed E-state index contributed by atoms with van der Waals surface area (Å²) in [5.41, 5.74) is 2.28. The van der Waals surface area contributed by atoms with Gasteiger partial charge in [0.1, 0.15) is 11.1 Å². The van der Waals surface area contributed by atoms with E-state index < -0.39 is 5.60 Å². The fourth-order valence-electron chi connectivity index (χ4n) is 1.79. The molecule has 0 spiro atoms. The van der Waals surface area contributed by atoms with Crippen molar-refractivity contribution in [3.63, 3.8) is 0 Å². The van der Waals surface area contributed by atoms with E-state index >= 15 is 0 Å². The number of fused-ring (bicyclic) bond motifs is 1. The summed E-state index contributed by atoms with van der Waals surface area (Å²) < 4.78 is 10.8. The Hall–Kier alpha value is -1.84. The van der Waals surface area contributed by atoms with Crippen LogP contribution in [0.3, 0.4) is 0 Å². The molecule has 0 aliphatic carbocycles. The minimum Gasteiger partial charge on any atom is -0.460 e. The smallest absolute Gasteiger partial charge is 0.306 e. The normalized spacial score (nSPS) is 11.8. The third-order valence-electron chi connectivity index (χ3n) is 2.55. The zero-order valence-electron chi connectivity index (χ0n) is 11.8. The molecule has 1 heterocycles. The summed E-state index contributed by atoms with van der Waals surface area (Å²) in [4.78, 5) is 16.0. The third kappa shape index (κ3) is 3.81. The van der Waals surface area contributed by atoms with Gasteiger partial charge in [-0.1, -0.05) is 6.07 Å². The molecule has 0 saturated heterocycles. The Balaban J connectivity index is 2.00. The Morgan fingerprint density at radius 1 is 1.37 bits per heavy atom. The largest absolute Gasteiger partial charge is 0.460 e. The van der Waals surface area contributed by atoms with Gasteiger partial charge in [-0.2, -0.15) is 0 Å². The van der Waals surface area contributed by atoms with Crippen molar-refractivity contribution in [2.45, 2.75) is 46.1 Å². The number of esters is 1. The molecule has 0 atom stereocenters. The van der Waals surface area contributed by atoms with E-state index in [2.05, 4.69) is 4.98 Å². The summed E-state index contributed by atoms with van der Waals surface area (Å²) in [7, 11) is 0. The highest BCUT2D eigenvalue weighted by Gasteiger charge is 2.17. The quantitative estimate of drug-likeness (QED) is 0.794. The van der Waals surface area contributed by atoms with Gasteiger partial charge in [-0.05, 0) is 45.4 Å². The second kappa shape index (κ2) is 5.03. The molecule has 0 bridgehead atoms. The van der Waals surface area contributed by atoms with E-state index in [9.17, 15) is 4.79 Å². The lowest BCUT2D eigenvalue weighted by Crippen LogP contribution is -2.24. The Morgan fingerprint density at radius 2 is 2.11 bits per heavy atom. The lowest BCUT2D eigenvalue weighted by Gasteiger charge is -2.19. The molecule has 4 nitrogen and oxygen atoms in total. The van der Waals surface area contributed by atoms with Gasteiger partial charge in [0.2, 0.25) is 0 Å². The molecule has 0 unspecified atom stereocenters. The van der Waals surface area contributed by atoms with Crippen LogP contribution in [0.4, 0.5) is 0 Å². The van der Waals surface area contributed by atoms with Crippen molar-refractivity contribution in [2.24, 2.45) is 0 Å². The van der Waals surface area contributed by atoms with E-state index in [-0.39, 0.29) is 12.4 Å². The van der Waals surface area contributed by atoms with Crippen molar-refractivity contribution in [3.05, 3.63) is 29.7 Å². The first-order valence-electron chi connectivity index (χ1n) is 6.41. The molecule has 0 N–H and O–H groups in total. The van der Waals surface area contributed by atoms with E-state index in [0.717, 1.165) is 16.7 Å². The SMILES string of the molecule is Cc1ccc2oc(CCC(=O)OC(C)(C)C)nc2c1. The van der Waals surface area contributed by atoms with Gasteiger partial charge in [0.05, 0.1) is 6.42 Å². The summed E-state index contributed by atoms with van der Waals surface area (Å²) in [6.45, 7) is 7.57. The number of oxazole rings is 1. The van der Waals surface area contributed by atoms with E-state index in [1.54, 1.807) is 0 Å². The maximum absolute atomic E-state index is 11.6. The maximum atomic E-state index is 11.6. The lowest BCUT2D eigenvalue weighted by molar-refractivity contribution is -0.154. The fraction of sp³-hybridized carbons (Fsp3) is 0.467. The van der Waals surface area contributed by atoms with Crippen LogP contribution in [0.1, 0.15) is 38.6 Å². The highest BCUT2D eigenvalue weighted by atomic mass is 16.6. The van der Waals surface area contributed by atoms with Crippen LogP contribution in [-0.2, 0) is 16.0 Å². The van der Waals surface area contributed by atoms with Crippen molar-refractivity contribution in [2.75, 3.05) is 0 Å². The van der Waals surface area contributed by atoms with Gasteiger partial charge in [-0.3, -0.25) is 4.79 Å². The molecule has 1 aromatic heterocycles. The van der Waals surface area contributed by atoms with Gasteiger partial charge in [0.15, 0.2) is 11.5 Å². The Morgan fingerprint density at radius 3 is 2.79 bits per heavy atom. The molecule has 19 heavy (non-hydrogen) atoms. The van der Waals surface area contributed by atoms with E-state index in [0.29, 0.717) is 12.3 Å². The summed E-state index contributed by atoms with van der Waals surface area (Å²) in [5.74, 6) is 0.345. The maximum Gasteiger partial charge on any atom is 0.306 e. The first-order chi connectivity index (χ1) is 8.83. The van der Waals surface area contributed by atoms with Crippen LogP contribution in [0, 0.1) is 6.92 Å². The molecule has 0 fully saturated rings. The summed E-state index contributed by atoms with van der Waals surface area (Å²) in [6.07, 6.45) is 0.742. The number of aromatic nitrogens is 1. The standard InChI is InChI=1S/C15H19NO3/c1-10-5-6-12-11(9-10)16-13(18-12)7-8-14(17)19-15(2,3)4/h5-6,9H,7-8H2,1-4H3. The highest BCUT2D eigenvalue weighted by Crippen LogP contribution is 2.18. The molecule has 0 radical (unpaired) electrons. The molecule has 2 rings (SSSR count). The number of benzene rings is 1. The van der Waals surface area contributed by atoms with Crippen LogP contribution >= 0.6 is 0 Å². The van der Waals surface area contributed by atoms with Crippen molar-refractivity contribution in [1.29, 1.82) is 0 Å². The molecule has 0 amide bonds. The molecular weight excluding hydrogens is 242 g/mol. The topological polar surface area (TPSA) is 52.3 Å². The number of aryl methyl sites for hydroxylation is 2. The Bertz CT molecular complexity index is 593. The Kier molecular flexibility index (Phi) is 3.60. The summed E-state index contributed by atoms with van der Waals surface area (Å²) >= 11 is 0. The van der Waals surface area contributed by atoms with Crippen molar-refractivity contribution < 1.29 is 13.9 Å². The lowest BCUT2D eigenvalue weighted by atomic mass is 10.2. The van der Waals surface area contributed by atoms with Gasteiger partial charge in [-0.25, -0.2) is 4.98 Å². The van der Waals surface area contributed by atoms with Crippen molar-refractivity contribution >= 4 is 17.1 Å². The number of ether oxygens (including phenoxy) is 1. The van der Waals surface area contributed by atoms with Gasteiger partial charge in [-0.15, -0.1) is 0 Å². The fourth-order valence-corrected chi connectivity index (χ4v) is 1.79. The van der Waals surface area contributed by atoms with Crippen LogP contribution in [0.25, 0.3) is 11.1 Å². The molecule has 4 heteroatoms. The molecule has 0 saturated carbocycles. The average Bonchev–Trinajstić information content (AvgIpc) is 2.66. The summed E-state index contributed by atoms with van der Waals surface area (Å²) in [6, 6.07) is 5.84. The number of hydrogen-bond donors (Lipinski definition) is 0. The molecule has 102 valence electrons. The van der Waals surface area contributed by atoms with Gasteiger partial charge >= 0.3 is 5.97 Å². The van der Waals surface area contributed by atoms with E-state index in [4.69, 9.17) is 9.15 Å². The third-order valence-corrected chi connectivity index (χ3v) is 2.55. The van der Waals surface area contributed by atoms with E-state index in [1.807, 2.05) is 45.9 Å². The van der Waals surface area contributed by atoms with Crippen molar-refractivity contribution in [3.8, 4) is 0 Å². The zero-order chi connectivity index (χ0) is 14.0. The predicted molar refractivity (Wildman–Crippen MR) is 72.9 cm³/mol. The van der Waals surface area contributed by atoms with Gasteiger partial charge < -0.3 is 9.15 Å². The number of hydrogen-bond acceptors (Lipinski definition) is 4. The van der Waals surface area contributed by atoms with Crippen LogP contribution < -0.4 is 0 Å². The summed E-state index contributed by atoms with van der Waals surface area (Å²) in [5, 5.41) is 0. The van der Waals surface area contributed by atoms with Crippen molar-refractivity contribution in [1.82, 2.24) is 4.98 Å². The minimum atomic E-state index is -0.449. The minimum absolute atomic E-state index is 0.231. The first-order valence-corrected chi connectivity index (χ1v) is 6.41. The predicted octanol–water partition coefficient (Wildman–Crippen LogP) is 3.41. The zero-order valence-corrected chi connectivity index (χ0v) is 11.8. The number of nitrogens with zero attached hydrogens (tertiary/aromatic N) is 1. The monoisotopic (exact) mass is 261 g/mol. The number of rotatable bonds is 3. The van der Waals surface area contributed by atoms with E-state index in [1.165, 1.54) is 0 Å². The van der Waals surface area contributed by atoms with Crippen LogP contribution in [0.5, 0.6) is 0 Å². The molecule has 2 aromatic rings. The van der Waals surface area contributed by atoms with Crippen LogP contribution in [-0.4, -0.2) is 16.6 Å². The van der Waals surface area contributed by atoms with Crippen LogP contribution in [0.2, 0.25) is 0 Å². The average molecular weight is 261 g/mol. The highest BCUT2D eigenvalue weighted by molar-refractivity contribution is 5.73. The first kappa shape index (κ1) is 13.6. The molecule has 0 aliphatic rings. The number of carbonyl (C=O) groups is 1. The second-order valence-corrected chi connectivity index (χ2v) is 5.67. The second-order valence-electron chi connectivity index (χ2n) is 5.67.